The Balaban J connectivity index is 1.80. The number of nitrogens with zero attached hydrogens (tertiary/aromatic N) is 1. The van der Waals surface area contributed by atoms with E-state index in [2.05, 4.69) is 4.98 Å². The van der Waals surface area contributed by atoms with Crippen molar-refractivity contribution in [3.05, 3.63) is 59.3 Å². The van der Waals surface area contributed by atoms with Crippen LogP contribution in [0.3, 0.4) is 0 Å². The third-order valence-corrected chi connectivity index (χ3v) is 3.65. The van der Waals surface area contributed by atoms with Crippen LogP contribution in [-0.2, 0) is 6.61 Å². The number of benzene rings is 2. The highest BCUT2D eigenvalue weighted by Gasteiger charge is 2.07. The maximum Gasteiger partial charge on any atom is 0.232 e. The van der Waals surface area contributed by atoms with E-state index < -0.39 is 0 Å². The van der Waals surface area contributed by atoms with Crippen LogP contribution in [0.25, 0.3) is 10.8 Å². The molecular formula is C18H17NO3. The summed E-state index contributed by atoms with van der Waals surface area (Å²) in [5.74, 6) is 2.20. The van der Waals surface area contributed by atoms with Gasteiger partial charge < -0.3 is 9.15 Å². The number of ketones is 1. The number of hydrogen-bond acceptors (Lipinski definition) is 4. The minimum absolute atomic E-state index is 0.0665. The van der Waals surface area contributed by atoms with Gasteiger partial charge in [-0.25, -0.2) is 4.98 Å². The van der Waals surface area contributed by atoms with Crippen molar-refractivity contribution in [2.45, 2.75) is 27.4 Å². The first-order chi connectivity index (χ1) is 10.5. The van der Waals surface area contributed by atoms with Crippen LogP contribution in [0.1, 0.15) is 34.6 Å². The number of oxazole rings is 1. The summed E-state index contributed by atoms with van der Waals surface area (Å²) < 4.78 is 11.2. The second kappa shape index (κ2) is 5.64. The van der Waals surface area contributed by atoms with E-state index in [4.69, 9.17) is 9.15 Å². The Hall–Kier alpha value is -2.62. The van der Waals surface area contributed by atoms with E-state index in [1.54, 1.807) is 6.92 Å². The maximum atomic E-state index is 11.4. The third-order valence-electron chi connectivity index (χ3n) is 3.65. The van der Waals surface area contributed by atoms with Gasteiger partial charge in [-0.2, -0.15) is 0 Å². The number of carbonyl (C=O) groups is 1. The third kappa shape index (κ3) is 2.86. The molecule has 0 unspecified atom stereocenters. The molecule has 2 aromatic carbocycles. The van der Waals surface area contributed by atoms with Crippen molar-refractivity contribution in [3.8, 4) is 5.75 Å². The van der Waals surface area contributed by atoms with E-state index in [9.17, 15) is 4.79 Å². The molecule has 3 rings (SSSR count). The van der Waals surface area contributed by atoms with Crippen LogP contribution in [0, 0.1) is 13.8 Å². The van der Waals surface area contributed by atoms with Gasteiger partial charge in [0.1, 0.15) is 11.5 Å². The van der Waals surface area contributed by atoms with Crippen LogP contribution >= 0.6 is 0 Å². The Morgan fingerprint density at radius 2 is 1.86 bits per heavy atom. The summed E-state index contributed by atoms with van der Waals surface area (Å²) in [6, 6.07) is 11.4. The SMILES string of the molecule is CC(=O)c1ccc2cc(OCc3nc(C)c(C)o3)ccc2c1. The largest absolute Gasteiger partial charge is 0.484 e. The summed E-state index contributed by atoms with van der Waals surface area (Å²) in [5.41, 5.74) is 1.60. The van der Waals surface area contributed by atoms with Gasteiger partial charge in [-0.05, 0) is 49.7 Å². The predicted molar refractivity (Wildman–Crippen MR) is 84.3 cm³/mol. The summed E-state index contributed by atoms with van der Waals surface area (Å²) in [6.45, 7) is 5.66. The molecule has 0 atom stereocenters. The second-order valence-electron chi connectivity index (χ2n) is 5.32. The molecule has 1 aromatic heterocycles. The number of Topliss-reactive ketones (excluding diaryl/α,β-unsaturated/α-hetero) is 1. The number of ether oxygens (including phenoxy) is 1. The van der Waals surface area contributed by atoms with E-state index >= 15 is 0 Å². The highest BCUT2D eigenvalue weighted by molar-refractivity contribution is 5.98. The van der Waals surface area contributed by atoms with Crippen molar-refractivity contribution in [1.29, 1.82) is 0 Å². The average Bonchev–Trinajstić information content (AvgIpc) is 2.83. The molecular weight excluding hydrogens is 278 g/mol. The van der Waals surface area contributed by atoms with Gasteiger partial charge in [0.05, 0.1) is 5.69 Å². The van der Waals surface area contributed by atoms with E-state index in [1.807, 2.05) is 50.2 Å². The van der Waals surface area contributed by atoms with Gasteiger partial charge in [-0.15, -0.1) is 0 Å². The highest BCUT2D eigenvalue weighted by Crippen LogP contribution is 2.23. The van der Waals surface area contributed by atoms with Crippen LogP contribution in [0.4, 0.5) is 0 Å². The summed E-state index contributed by atoms with van der Waals surface area (Å²) >= 11 is 0. The van der Waals surface area contributed by atoms with Crippen LogP contribution in [0.2, 0.25) is 0 Å². The molecule has 0 radical (unpaired) electrons. The quantitative estimate of drug-likeness (QED) is 0.676. The summed E-state index contributed by atoms with van der Waals surface area (Å²) in [4.78, 5) is 15.7. The number of carbonyl (C=O) groups excluding carboxylic acids is 1. The fourth-order valence-corrected chi connectivity index (χ4v) is 2.28. The van der Waals surface area contributed by atoms with Crippen LogP contribution in [-0.4, -0.2) is 10.8 Å². The zero-order valence-corrected chi connectivity index (χ0v) is 12.8. The van der Waals surface area contributed by atoms with Gasteiger partial charge in [-0.1, -0.05) is 18.2 Å². The van der Waals surface area contributed by atoms with E-state index in [-0.39, 0.29) is 5.78 Å². The number of fused-ring (bicyclic) bond motifs is 1. The van der Waals surface area contributed by atoms with Crippen LogP contribution in [0.15, 0.2) is 40.8 Å². The Bertz CT molecular complexity index is 829. The molecule has 22 heavy (non-hydrogen) atoms. The second-order valence-corrected chi connectivity index (χ2v) is 5.32. The summed E-state index contributed by atoms with van der Waals surface area (Å²) in [5, 5.41) is 2.05. The lowest BCUT2D eigenvalue weighted by Crippen LogP contribution is -1.96. The highest BCUT2D eigenvalue weighted by atomic mass is 16.5. The summed E-state index contributed by atoms with van der Waals surface area (Å²) in [7, 11) is 0. The minimum Gasteiger partial charge on any atom is -0.484 e. The Morgan fingerprint density at radius 3 is 2.55 bits per heavy atom. The molecule has 0 spiro atoms. The minimum atomic E-state index is 0.0665. The molecule has 112 valence electrons. The number of rotatable bonds is 4. The van der Waals surface area contributed by atoms with Crippen LogP contribution in [0.5, 0.6) is 5.75 Å². The van der Waals surface area contributed by atoms with E-state index in [0.717, 1.165) is 28.0 Å². The normalized spacial score (nSPS) is 10.9. The standard InChI is InChI=1S/C18H17NO3/c1-11-13(3)22-18(19-11)10-21-17-7-6-15-8-14(12(2)20)4-5-16(15)9-17/h4-9H,10H2,1-3H3. The zero-order valence-electron chi connectivity index (χ0n) is 12.8. The molecule has 0 aliphatic rings. The monoisotopic (exact) mass is 295 g/mol. The molecule has 0 bridgehead atoms. The van der Waals surface area contributed by atoms with Crippen molar-refractivity contribution in [3.63, 3.8) is 0 Å². The van der Waals surface area contributed by atoms with Gasteiger partial charge in [0.2, 0.25) is 5.89 Å². The number of aryl methyl sites for hydroxylation is 2. The molecule has 0 saturated heterocycles. The fraction of sp³-hybridized carbons (Fsp3) is 0.222. The fourth-order valence-electron chi connectivity index (χ4n) is 2.28. The molecule has 0 N–H and O–H groups in total. The molecule has 0 fully saturated rings. The van der Waals surface area contributed by atoms with Crippen LogP contribution < -0.4 is 4.74 Å². The Morgan fingerprint density at radius 1 is 1.14 bits per heavy atom. The van der Waals surface area contributed by atoms with Gasteiger partial charge >= 0.3 is 0 Å². The van der Waals surface area contributed by atoms with Gasteiger partial charge in [0.15, 0.2) is 12.4 Å². The van der Waals surface area contributed by atoms with Gasteiger partial charge in [0.25, 0.3) is 0 Å². The van der Waals surface area contributed by atoms with Gasteiger partial charge in [-0.3, -0.25) is 4.79 Å². The lowest BCUT2D eigenvalue weighted by atomic mass is 10.0. The Labute approximate surface area is 128 Å². The zero-order chi connectivity index (χ0) is 15.7. The molecule has 0 aliphatic heterocycles. The summed E-state index contributed by atoms with van der Waals surface area (Å²) in [6.07, 6.45) is 0. The van der Waals surface area contributed by atoms with Crippen molar-refractivity contribution in [1.82, 2.24) is 4.98 Å². The lowest BCUT2D eigenvalue weighted by molar-refractivity contribution is 0.101. The van der Waals surface area contributed by atoms with Crippen molar-refractivity contribution in [2.24, 2.45) is 0 Å². The first-order valence-electron chi connectivity index (χ1n) is 7.13. The van der Waals surface area contributed by atoms with E-state index in [0.29, 0.717) is 18.1 Å². The lowest BCUT2D eigenvalue weighted by Gasteiger charge is -2.06. The van der Waals surface area contributed by atoms with Crippen molar-refractivity contribution >= 4 is 16.6 Å². The smallest absolute Gasteiger partial charge is 0.232 e. The molecule has 4 heteroatoms. The van der Waals surface area contributed by atoms with Crippen molar-refractivity contribution < 1.29 is 13.9 Å². The molecule has 0 saturated carbocycles. The average molecular weight is 295 g/mol. The number of hydrogen-bond donors (Lipinski definition) is 0. The van der Waals surface area contributed by atoms with Crippen molar-refractivity contribution in [2.75, 3.05) is 0 Å². The predicted octanol–water partition coefficient (Wildman–Crippen LogP) is 4.23. The first kappa shape index (κ1) is 14.3. The molecule has 0 aliphatic carbocycles. The van der Waals surface area contributed by atoms with Gasteiger partial charge in [0, 0.05) is 5.56 Å². The molecule has 0 amide bonds. The molecule has 4 nitrogen and oxygen atoms in total. The first-order valence-corrected chi connectivity index (χ1v) is 7.13. The number of aromatic nitrogens is 1. The Kier molecular flexibility index (Phi) is 3.67. The maximum absolute atomic E-state index is 11.4. The molecule has 3 aromatic rings. The van der Waals surface area contributed by atoms with E-state index in [1.165, 1.54) is 0 Å². The molecule has 1 heterocycles. The topological polar surface area (TPSA) is 52.3 Å².